The number of methoxy groups -OCH3 is 1. The van der Waals surface area contributed by atoms with Crippen molar-refractivity contribution >= 4 is 6.09 Å². The van der Waals surface area contributed by atoms with Gasteiger partial charge in [-0.15, -0.1) is 0 Å². The van der Waals surface area contributed by atoms with E-state index in [-0.39, 0.29) is 6.09 Å². The van der Waals surface area contributed by atoms with Crippen LogP contribution in [0.2, 0.25) is 0 Å². The molecule has 1 amide bonds. The lowest BCUT2D eigenvalue weighted by molar-refractivity contribution is 0.0526. The quantitative estimate of drug-likeness (QED) is 0.534. The molecule has 0 aromatic heterocycles. The molecule has 1 rings (SSSR count). The molecule has 0 aromatic rings. The molecular formula is C16H30N2O3. The van der Waals surface area contributed by atoms with Crippen LogP contribution in [-0.2, 0) is 9.47 Å². The maximum atomic E-state index is 11.5. The Morgan fingerprint density at radius 1 is 1.33 bits per heavy atom. The molecule has 0 heterocycles. The lowest BCUT2D eigenvalue weighted by Crippen LogP contribution is -2.40. The summed E-state index contributed by atoms with van der Waals surface area (Å²) in [5, 5.41) is 6.40. The minimum absolute atomic E-state index is 0.334. The van der Waals surface area contributed by atoms with E-state index in [1.807, 2.05) is 20.8 Å². The molecule has 5 nitrogen and oxygen atoms in total. The Morgan fingerprint density at radius 2 is 2.00 bits per heavy atom. The first-order chi connectivity index (χ1) is 9.90. The summed E-state index contributed by atoms with van der Waals surface area (Å²) in [6, 6.07) is 0.865. The zero-order valence-corrected chi connectivity index (χ0v) is 13.8. The number of carbonyl (C=O) groups is 1. The Balaban J connectivity index is 2.16. The fraction of sp³-hybridized carbons (Fsp3) is 0.812. The SMILES string of the molecule is COCC(CCCNC(=O)OC(C)(C)C)NC1CC=CC1. The lowest BCUT2D eigenvalue weighted by Gasteiger charge is -2.23. The van der Waals surface area contributed by atoms with Gasteiger partial charge in [-0.3, -0.25) is 0 Å². The van der Waals surface area contributed by atoms with Crippen LogP contribution in [0.3, 0.4) is 0 Å². The third-order valence-electron chi connectivity index (χ3n) is 3.24. The number of hydrogen-bond acceptors (Lipinski definition) is 4. The molecule has 0 saturated heterocycles. The van der Waals surface area contributed by atoms with Gasteiger partial charge in [-0.25, -0.2) is 4.79 Å². The molecule has 0 bridgehead atoms. The Hall–Kier alpha value is -1.07. The summed E-state index contributed by atoms with van der Waals surface area (Å²) < 4.78 is 10.5. The van der Waals surface area contributed by atoms with Crippen LogP contribution >= 0.6 is 0 Å². The molecule has 5 heteroatoms. The maximum absolute atomic E-state index is 11.5. The van der Waals surface area contributed by atoms with Crippen LogP contribution in [0.1, 0.15) is 46.5 Å². The minimum atomic E-state index is -0.445. The van der Waals surface area contributed by atoms with Gasteiger partial charge in [0.2, 0.25) is 0 Å². The standard InChI is InChI=1S/C16H30N2O3/c1-16(2,3)21-15(19)17-11-7-10-14(12-20-4)18-13-8-5-6-9-13/h5-6,13-14,18H,7-12H2,1-4H3,(H,17,19). The van der Waals surface area contributed by atoms with Gasteiger partial charge in [0.1, 0.15) is 5.60 Å². The molecule has 21 heavy (non-hydrogen) atoms. The molecule has 0 aliphatic heterocycles. The number of amides is 1. The highest BCUT2D eigenvalue weighted by Crippen LogP contribution is 2.11. The molecule has 0 fully saturated rings. The molecule has 1 aliphatic carbocycles. The number of nitrogens with one attached hydrogen (secondary N) is 2. The van der Waals surface area contributed by atoms with Crippen molar-refractivity contribution in [1.82, 2.24) is 10.6 Å². The fourth-order valence-electron chi connectivity index (χ4n) is 2.36. The molecule has 1 atom stereocenters. The molecule has 0 spiro atoms. The van der Waals surface area contributed by atoms with Crippen LogP contribution in [0.25, 0.3) is 0 Å². The third-order valence-corrected chi connectivity index (χ3v) is 3.24. The largest absolute Gasteiger partial charge is 0.444 e. The lowest BCUT2D eigenvalue weighted by atomic mass is 10.1. The summed E-state index contributed by atoms with van der Waals surface area (Å²) in [5.41, 5.74) is -0.445. The maximum Gasteiger partial charge on any atom is 0.407 e. The van der Waals surface area contributed by atoms with Crippen molar-refractivity contribution in [1.29, 1.82) is 0 Å². The molecule has 2 N–H and O–H groups in total. The van der Waals surface area contributed by atoms with Crippen molar-refractivity contribution in [3.8, 4) is 0 Å². The molecular weight excluding hydrogens is 268 g/mol. The molecule has 0 aromatic carbocycles. The topological polar surface area (TPSA) is 59.6 Å². The molecule has 0 saturated carbocycles. The summed E-state index contributed by atoms with van der Waals surface area (Å²) >= 11 is 0. The zero-order chi connectivity index (χ0) is 15.7. The Morgan fingerprint density at radius 3 is 2.57 bits per heavy atom. The zero-order valence-electron chi connectivity index (χ0n) is 13.8. The van der Waals surface area contributed by atoms with Gasteiger partial charge in [0, 0.05) is 25.7 Å². The van der Waals surface area contributed by atoms with Crippen LogP contribution in [0, 0.1) is 0 Å². The normalized spacial score (nSPS) is 17.0. The number of carbonyl (C=O) groups excluding carboxylic acids is 1. The first kappa shape index (κ1) is 18.0. The molecule has 1 unspecified atom stereocenters. The van der Waals surface area contributed by atoms with Gasteiger partial charge in [0.25, 0.3) is 0 Å². The second kappa shape index (κ2) is 9.05. The second-order valence-corrected chi connectivity index (χ2v) is 6.53. The van der Waals surface area contributed by atoms with Gasteiger partial charge in [0.05, 0.1) is 6.61 Å². The van der Waals surface area contributed by atoms with E-state index in [1.165, 1.54) is 0 Å². The van der Waals surface area contributed by atoms with E-state index < -0.39 is 5.60 Å². The Bertz CT molecular complexity index is 329. The van der Waals surface area contributed by atoms with Crippen molar-refractivity contribution in [3.05, 3.63) is 12.2 Å². The number of ether oxygens (including phenoxy) is 2. The first-order valence-corrected chi connectivity index (χ1v) is 7.77. The van der Waals surface area contributed by atoms with Gasteiger partial charge in [-0.1, -0.05) is 12.2 Å². The van der Waals surface area contributed by atoms with Gasteiger partial charge >= 0.3 is 6.09 Å². The van der Waals surface area contributed by atoms with Crippen molar-refractivity contribution in [2.24, 2.45) is 0 Å². The van der Waals surface area contributed by atoms with E-state index in [9.17, 15) is 4.79 Å². The van der Waals surface area contributed by atoms with Crippen LogP contribution in [-0.4, -0.2) is 44.0 Å². The van der Waals surface area contributed by atoms with Crippen molar-refractivity contribution in [2.75, 3.05) is 20.3 Å². The van der Waals surface area contributed by atoms with Gasteiger partial charge < -0.3 is 20.1 Å². The Labute approximate surface area is 128 Å². The van der Waals surface area contributed by atoms with E-state index in [0.29, 0.717) is 25.2 Å². The van der Waals surface area contributed by atoms with Crippen molar-refractivity contribution in [2.45, 2.75) is 64.1 Å². The minimum Gasteiger partial charge on any atom is -0.444 e. The molecule has 122 valence electrons. The molecule has 1 aliphatic rings. The highest BCUT2D eigenvalue weighted by atomic mass is 16.6. The smallest absolute Gasteiger partial charge is 0.407 e. The van der Waals surface area contributed by atoms with Gasteiger partial charge in [-0.2, -0.15) is 0 Å². The van der Waals surface area contributed by atoms with Crippen molar-refractivity contribution < 1.29 is 14.3 Å². The van der Waals surface area contributed by atoms with E-state index >= 15 is 0 Å². The third kappa shape index (κ3) is 8.73. The average molecular weight is 298 g/mol. The van der Waals surface area contributed by atoms with Gasteiger partial charge in [-0.05, 0) is 46.5 Å². The van der Waals surface area contributed by atoms with Gasteiger partial charge in [0.15, 0.2) is 0 Å². The second-order valence-electron chi connectivity index (χ2n) is 6.53. The van der Waals surface area contributed by atoms with Crippen molar-refractivity contribution in [3.63, 3.8) is 0 Å². The first-order valence-electron chi connectivity index (χ1n) is 7.77. The summed E-state index contributed by atoms with van der Waals surface area (Å²) in [4.78, 5) is 11.5. The number of rotatable bonds is 8. The summed E-state index contributed by atoms with van der Waals surface area (Å²) in [6.07, 6.45) is 8.14. The van der Waals surface area contributed by atoms with Crippen LogP contribution in [0.5, 0.6) is 0 Å². The van der Waals surface area contributed by atoms with E-state index in [4.69, 9.17) is 9.47 Å². The monoisotopic (exact) mass is 298 g/mol. The predicted molar refractivity (Wildman–Crippen MR) is 84.4 cm³/mol. The fourth-order valence-corrected chi connectivity index (χ4v) is 2.36. The summed E-state index contributed by atoms with van der Waals surface area (Å²) in [5.74, 6) is 0. The number of alkyl carbamates (subject to hydrolysis) is 1. The van der Waals surface area contributed by atoms with Crippen LogP contribution < -0.4 is 10.6 Å². The van der Waals surface area contributed by atoms with E-state index in [1.54, 1.807) is 7.11 Å². The Kier molecular flexibility index (Phi) is 7.75. The predicted octanol–water partition coefficient (Wildman–Crippen LogP) is 2.61. The summed E-state index contributed by atoms with van der Waals surface area (Å²) in [7, 11) is 1.72. The summed E-state index contributed by atoms with van der Waals surface area (Å²) in [6.45, 7) is 6.91. The highest BCUT2D eigenvalue weighted by Gasteiger charge is 2.17. The van der Waals surface area contributed by atoms with Crippen LogP contribution in [0.15, 0.2) is 12.2 Å². The number of hydrogen-bond donors (Lipinski definition) is 2. The average Bonchev–Trinajstić information content (AvgIpc) is 2.85. The highest BCUT2D eigenvalue weighted by molar-refractivity contribution is 5.67. The molecule has 0 radical (unpaired) electrons. The van der Waals surface area contributed by atoms with E-state index in [0.717, 1.165) is 25.7 Å². The van der Waals surface area contributed by atoms with E-state index in [2.05, 4.69) is 22.8 Å². The van der Waals surface area contributed by atoms with Crippen LogP contribution in [0.4, 0.5) is 4.79 Å².